The van der Waals surface area contributed by atoms with Crippen LogP contribution in [-0.4, -0.2) is 23.5 Å². The summed E-state index contributed by atoms with van der Waals surface area (Å²) >= 11 is 0. The van der Waals surface area contributed by atoms with Crippen molar-refractivity contribution in [1.29, 1.82) is 0 Å². The van der Waals surface area contributed by atoms with Crippen molar-refractivity contribution >= 4 is 17.7 Å². The lowest BCUT2D eigenvalue weighted by molar-refractivity contribution is -0.280. The van der Waals surface area contributed by atoms with Crippen LogP contribution in [0.2, 0.25) is 0 Å². The molecule has 5 aliphatic carbocycles. The van der Waals surface area contributed by atoms with Gasteiger partial charge in [-0.05, 0) is 30.1 Å². The molecule has 20 heavy (non-hydrogen) atoms. The van der Waals surface area contributed by atoms with E-state index in [0.717, 1.165) is 6.42 Å². The van der Waals surface area contributed by atoms with Gasteiger partial charge in [-0.25, -0.2) is 0 Å². The highest BCUT2D eigenvalue weighted by molar-refractivity contribution is 5.92. The van der Waals surface area contributed by atoms with Gasteiger partial charge in [0.2, 0.25) is 0 Å². The van der Waals surface area contributed by atoms with Crippen LogP contribution in [0.1, 0.15) is 20.3 Å². The van der Waals surface area contributed by atoms with Crippen LogP contribution in [0.3, 0.4) is 0 Å². The molecule has 0 amide bonds. The number of Topliss-reactive ketones (excluding diaryl/α,β-unsaturated/α-hetero) is 1. The number of hydrogen-bond donors (Lipinski definition) is 0. The lowest BCUT2D eigenvalue weighted by Crippen LogP contribution is -2.61. The fourth-order valence-electron chi connectivity index (χ4n) is 6.86. The first-order valence-corrected chi connectivity index (χ1v) is 7.40. The van der Waals surface area contributed by atoms with Gasteiger partial charge < -0.3 is 9.47 Å². The van der Waals surface area contributed by atoms with Crippen LogP contribution >= 0.6 is 0 Å². The van der Waals surface area contributed by atoms with Gasteiger partial charge in [0.15, 0.2) is 0 Å². The third kappa shape index (κ3) is 0.860. The van der Waals surface area contributed by atoms with Crippen LogP contribution in [0.4, 0.5) is 0 Å². The molecule has 5 heteroatoms. The molecule has 0 N–H and O–H groups in total. The van der Waals surface area contributed by atoms with Crippen molar-refractivity contribution < 1.29 is 23.9 Å². The SMILES string of the molecule is CC(=O)OC1(OC(C)=O)C2C3CC4C2C(=O)C2C4C3C21. The first-order valence-electron chi connectivity index (χ1n) is 7.40. The predicted octanol–water partition coefficient (Wildman–Crippen LogP) is 0.766. The molecule has 0 saturated heterocycles. The molecule has 0 aliphatic heterocycles. The number of hydrogen-bond acceptors (Lipinski definition) is 5. The quantitative estimate of drug-likeness (QED) is 0.550. The van der Waals surface area contributed by atoms with Crippen molar-refractivity contribution in [3.63, 3.8) is 0 Å². The minimum absolute atomic E-state index is 0.0301. The fraction of sp³-hybridized carbons (Fsp3) is 0.800. The van der Waals surface area contributed by atoms with Crippen molar-refractivity contribution in [1.82, 2.24) is 0 Å². The highest BCUT2D eigenvalue weighted by Crippen LogP contribution is 2.84. The van der Waals surface area contributed by atoms with Gasteiger partial charge in [0, 0.05) is 31.6 Å². The van der Waals surface area contributed by atoms with Gasteiger partial charge in [-0.15, -0.1) is 0 Å². The monoisotopic (exact) mass is 276 g/mol. The van der Waals surface area contributed by atoms with Gasteiger partial charge in [-0.3, -0.25) is 14.4 Å². The van der Waals surface area contributed by atoms with Crippen molar-refractivity contribution in [2.75, 3.05) is 0 Å². The molecule has 5 rings (SSSR count). The Kier molecular flexibility index (Phi) is 1.66. The number of carbonyl (C=O) groups is 3. The number of esters is 2. The van der Waals surface area contributed by atoms with Gasteiger partial charge >= 0.3 is 11.9 Å². The highest BCUT2D eigenvalue weighted by atomic mass is 16.7. The molecule has 0 aromatic carbocycles. The van der Waals surface area contributed by atoms with Crippen molar-refractivity contribution in [2.45, 2.75) is 26.1 Å². The number of ether oxygens (including phenoxy) is 2. The van der Waals surface area contributed by atoms with Crippen LogP contribution in [-0.2, 0) is 23.9 Å². The molecule has 5 aliphatic rings. The van der Waals surface area contributed by atoms with E-state index in [9.17, 15) is 14.4 Å². The fourth-order valence-corrected chi connectivity index (χ4v) is 6.86. The van der Waals surface area contributed by atoms with E-state index in [1.54, 1.807) is 0 Å². The maximum absolute atomic E-state index is 12.5. The third-order valence-corrected chi connectivity index (χ3v) is 6.70. The number of fused-ring (bicyclic) bond motifs is 2. The lowest BCUT2D eigenvalue weighted by atomic mass is 9.58. The summed E-state index contributed by atoms with van der Waals surface area (Å²) in [7, 11) is 0. The Balaban J connectivity index is 1.67. The molecule has 2 bridgehead atoms. The largest absolute Gasteiger partial charge is 0.422 e. The molecule has 106 valence electrons. The Morgan fingerprint density at radius 1 is 1.00 bits per heavy atom. The molecular formula is C15H16O5. The molecule has 0 aromatic rings. The average molecular weight is 276 g/mol. The molecule has 5 saturated carbocycles. The van der Waals surface area contributed by atoms with Gasteiger partial charge in [-0.1, -0.05) is 0 Å². The predicted molar refractivity (Wildman–Crippen MR) is 63.8 cm³/mol. The molecule has 0 heterocycles. The summed E-state index contributed by atoms with van der Waals surface area (Å²) < 4.78 is 11.2. The molecule has 0 spiro atoms. The second-order valence-corrected chi connectivity index (χ2v) is 7.13. The van der Waals surface area contributed by atoms with Gasteiger partial charge in [0.05, 0.1) is 5.92 Å². The van der Waals surface area contributed by atoms with Gasteiger partial charge in [-0.2, -0.15) is 0 Å². The topological polar surface area (TPSA) is 69.7 Å². The number of rotatable bonds is 2. The molecule has 8 atom stereocenters. The summed E-state index contributed by atoms with van der Waals surface area (Å²) in [6.45, 7) is 2.70. The van der Waals surface area contributed by atoms with E-state index in [0.29, 0.717) is 29.5 Å². The first kappa shape index (κ1) is 11.3. The minimum atomic E-state index is -1.14. The Bertz CT molecular complexity index is 565. The second-order valence-electron chi connectivity index (χ2n) is 7.13. The maximum atomic E-state index is 12.5. The van der Waals surface area contributed by atoms with E-state index in [2.05, 4.69) is 0 Å². The summed E-state index contributed by atoms with van der Waals surface area (Å²) in [5.41, 5.74) is 0. The second kappa shape index (κ2) is 2.95. The Morgan fingerprint density at radius 2 is 1.65 bits per heavy atom. The highest BCUT2D eigenvalue weighted by Gasteiger charge is 2.90. The van der Waals surface area contributed by atoms with E-state index in [1.807, 2.05) is 0 Å². The van der Waals surface area contributed by atoms with Crippen LogP contribution in [0, 0.1) is 47.3 Å². The summed E-state index contributed by atoms with van der Waals surface area (Å²) in [6, 6.07) is 0. The molecule has 0 aromatic heterocycles. The molecule has 8 unspecified atom stereocenters. The summed E-state index contributed by atoms with van der Waals surface area (Å²) in [5, 5.41) is 0. The van der Waals surface area contributed by atoms with Crippen LogP contribution in [0.15, 0.2) is 0 Å². The zero-order valence-electron chi connectivity index (χ0n) is 11.4. The Morgan fingerprint density at radius 3 is 2.25 bits per heavy atom. The molecule has 5 fully saturated rings. The normalized spacial score (nSPS) is 54.2. The lowest BCUT2D eigenvalue weighted by Gasteiger charge is -2.50. The first-order chi connectivity index (χ1) is 9.47. The smallest absolute Gasteiger partial charge is 0.305 e. The molecule has 0 radical (unpaired) electrons. The average Bonchev–Trinajstić information content (AvgIpc) is 2.77. The van der Waals surface area contributed by atoms with E-state index >= 15 is 0 Å². The molecule has 5 nitrogen and oxygen atoms in total. The van der Waals surface area contributed by atoms with E-state index < -0.39 is 17.7 Å². The summed E-state index contributed by atoms with van der Waals surface area (Å²) in [4.78, 5) is 35.6. The number of ketones is 1. The summed E-state index contributed by atoms with van der Waals surface area (Å²) in [5.74, 6) is -0.108. The minimum Gasteiger partial charge on any atom is -0.422 e. The van der Waals surface area contributed by atoms with Crippen LogP contribution in [0.25, 0.3) is 0 Å². The molecular weight excluding hydrogens is 260 g/mol. The van der Waals surface area contributed by atoms with Crippen LogP contribution < -0.4 is 0 Å². The van der Waals surface area contributed by atoms with Gasteiger partial charge in [0.25, 0.3) is 5.79 Å². The van der Waals surface area contributed by atoms with E-state index in [4.69, 9.17) is 9.47 Å². The maximum Gasteiger partial charge on any atom is 0.305 e. The third-order valence-electron chi connectivity index (χ3n) is 6.70. The Labute approximate surface area is 116 Å². The van der Waals surface area contributed by atoms with Crippen LogP contribution in [0.5, 0.6) is 0 Å². The van der Waals surface area contributed by atoms with Crippen molar-refractivity contribution in [3.05, 3.63) is 0 Å². The van der Waals surface area contributed by atoms with E-state index in [-0.39, 0.29) is 23.7 Å². The van der Waals surface area contributed by atoms with E-state index in [1.165, 1.54) is 13.8 Å². The Hall–Kier alpha value is -1.39. The van der Waals surface area contributed by atoms with Gasteiger partial charge in [0.1, 0.15) is 5.78 Å². The van der Waals surface area contributed by atoms with Crippen molar-refractivity contribution in [3.8, 4) is 0 Å². The summed E-state index contributed by atoms with van der Waals surface area (Å²) in [6.07, 6.45) is 1.05. The number of carbonyl (C=O) groups excluding carboxylic acids is 3. The standard InChI is InChI=1S/C15H16O5/c1-4(16)19-15(20-5(2)17)12-7-3-6-8-9(7)13(15)11(8)14(18)10(6)12/h6-13H,3H2,1-2H3. The van der Waals surface area contributed by atoms with Crippen molar-refractivity contribution in [2.24, 2.45) is 47.3 Å². The zero-order chi connectivity index (χ0) is 14.0. The zero-order valence-corrected chi connectivity index (χ0v) is 11.4.